The van der Waals surface area contributed by atoms with Crippen molar-refractivity contribution >= 4 is 21.7 Å². The van der Waals surface area contributed by atoms with E-state index in [1.165, 1.54) is 59.4 Å². The van der Waals surface area contributed by atoms with Crippen molar-refractivity contribution in [2.75, 3.05) is 0 Å². The molecule has 1 heterocycles. The third-order valence-electron chi connectivity index (χ3n) is 5.74. The van der Waals surface area contributed by atoms with Gasteiger partial charge in [-0.25, -0.2) is 13.5 Å². The Labute approximate surface area is 184 Å². The molecule has 0 fully saturated rings. The van der Waals surface area contributed by atoms with E-state index in [9.17, 15) is 27.1 Å². The predicted octanol–water partition coefficient (Wildman–Crippen LogP) is 6.26. The lowest BCUT2D eigenvalue weighted by Crippen LogP contribution is -2.43. The highest BCUT2D eigenvalue weighted by atomic mass is 19.4. The zero-order valence-corrected chi connectivity index (χ0v) is 16.8. The number of para-hydroxylation sites is 1. The van der Waals surface area contributed by atoms with Crippen LogP contribution in [-0.4, -0.2) is 21.1 Å². The van der Waals surface area contributed by atoms with Crippen molar-refractivity contribution in [3.05, 3.63) is 108 Å². The molecule has 0 unspecified atom stereocenters. The standard InChI is InChI=1S/C25H15F5N2O/c26-20-11-10-19(17-5-1-2-6-18(17)20)24(33,25(28,29)30)16-9-12-22-15(13-16)14-31-32(22)23-8-4-3-7-21(23)27/h1-14,33H/t24-/m0/s1. The molecular formula is C25H15F5N2O. The number of nitrogens with zero attached hydrogens (tertiary/aromatic N) is 2. The lowest BCUT2D eigenvalue weighted by Gasteiger charge is -2.32. The first-order chi connectivity index (χ1) is 15.7. The number of hydrogen-bond acceptors (Lipinski definition) is 2. The summed E-state index contributed by atoms with van der Waals surface area (Å²) in [5.74, 6) is -1.24. The number of alkyl halides is 3. The fourth-order valence-corrected chi connectivity index (χ4v) is 4.12. The van der Waals surface area contributed by atoms with Crippen LogP contribution < -0.4 is 0 Å². The van der Waals surface area contributed by atoms with E-state index in [2.05, 4.69) is 5.10 Å². The molecule has 0 saturated heterocycles. The summed E-state index contributed by atoms with van der Waals surface area (Å²) in [6.45, 7) is 0. The molecule has 1 atom stereocenters. The average Bonchev–Trinajstić information content (AvgIpc) is 3.22. The van der Waals surface area contributed by atoms with Gasteiger partial charge in [0, 0.05) is 16.3 Å². The molecule has 0 aliphatic heterocycles. The smallest absolute Gasteiger partial charge is 0.372 e. The van der Waals surface area contributed by atoms with Gasteiger partial charge in [0.2, 0.25) is 5.60 Å². The summed E-state index contributed by atoms with van der Waals surface area (Å²) in [5, 5.41) is 15.5. The van der Waals surface area contributed by atoms with Gasteiger partial charge in [-0.2, -0.15) is 18.3 Å². The zero-order valence-electron chi connectivity index (χ0n) is 16.8. The summed E-state index contributed by atoms with van der Waals surface area (Å²) in [6, 6.07) is 17.0. The minimum absolute atomic E-state index is 0.0360. The Hall–Kier alpha value is -3.78. The first-order valence-electron chi connectivity index (χ1n) is 9.92. The number of aromatic nitrogens is 2. The maximum atomic E-state index is 14.4. The number of halogens is 5. The van der Waals surface area contributed by atoms with Crippen molar-refractivity contribution in [3.63, 3.8) is 0 Å². The van der Waals surface area contributed by atoms with Gasteiger partial charge in [-0.1, -0.05) is 48.5 Å². The molecule has 8 heteroatoms. The Morgan fingerprint density at radius 2 is 1.45 bits per heavy atom. The Kier molecular flexibility index (Phi) is 4.72. The van der Waals surface area contributed by atoms with Crippen molar-refractivity contribution in [1.29, 1.82) is 0 Å². The summed E-state index contributed by atoms with van der Waals surface area (Å²) in [4.78, 5) is 0. The molecule has 0 saturated carbocycles. The number of aliphatic hydroxyl groups is 1. The quantitative estimate of drug-likeness (QED) is 0.327. The molecule has 4 aromatic carbocycles. The van der Waals surface area contributed by atoms with Gasteiger partial charge >= 0.3 is 6.18 Å². The molecule has 0 bridgehead atoms. The van der Waals surface area contributed by atoms with Crippen LogP contribution in [0.5, 0.6) is 0 Å². The van der Waals surface area contributed by atoms with Crippen LogP contribution >= 0.6 is 0 Å². The SMILES string of the molecule is O[C@@](c1ccc2c(cnn2-c2ccccc2F)c1)(c1ccc(F)c2ccccc12)C(F)(F)F. The maximum absolute atomic E-state index is 14.4. The van der Waals surface area contributed by atoms with Gasteiger partial charge in [-0.3, -0.25) is 0 Å². The summed E-state index contributed by atoms with van der Waals surface area (Å²) in [5.41, 5.74) is -3.89. The van der Waals surface area contributed by atoms with Gasteiger partial charge < -0.3 is 5.11 Å². The van der Waals surface area contributed by atoms with Crippen LogP contribution in [0.4, 0.5) is 22.0 Å². The molecule has 0 aliphatic rings. The highest BCUT2D eigenvalue weighted by Crippen LogP contribution is 2.47. The van der Waals surface area contributed by atoms with Crippen LogP contribution in [0.2, 0.25) is 0 Å². The molecule has 0 aliphatic carbocycles. The van der Waals surface area contributed by atoms with E-state index < -0.39 is 34.5 Å². The fourth-order valence-electron chi connectivity index (χ4n) is 4.12. The monoisotopic (exact) mass is 454 g/mol. The molecule has 5 rings (SSSR count). The molecule has 0 spiro atoms. The minimum atomic E-state index is -5.12. The first kappa shape index (κ1) is 21.1. The van der Waals surface area contributed by atoms with Gasteiger partial charge in [-0.15, -0.1) is 0 Å². The number of hydrogen-bond donors (Lipinski definition) is 1. The fraction of sp³-hybridized carbons (Fsp3) is 0.0800. The largest absolute Gasteiger partial charge is 0.425 e. The topological polar surface area (TPSA) is 38.1 Å². The Morgan fingerprint density at radius 1 is 0.758 bits per heavy atom. The number of benzene rings is 4. The van der Waals surface area contributed by atoms with E-state index in [1.54, 1.807) is 6.07 Å². The zero-order chi connectivity index (χ0) is 23.4. The lowest BCUT2D eigenvalue weighted by molar-refractivity contribution is -0.247. The number of fused-ring (bicyclic) bond motifs is 2. The predicted molar refractivity (Wildman–Crippen MR) is 114 cm³/mol. The van der Waals surface area contributed by atoms with Gasteiger partial charge in [0.05, 0.1) is 11.7 Å². The summed E-state index contributed by atoms with van der Waals surface area (Å²) in [7, 11) is 0. The van der Waals surface area contributed by atoms with Gasteiger partial charge in [0.15, 0.2) is 0 Å². The van der Waals surface area contributed by atoms with Crippen molar-refractivity contribution in [1.82, 2.24) is 9.78 Å². The van der Waals surface area contributed by atoms with Crippen LogP contribution in [0, 0.1) is 11.6 Å². The maximum Gasteiger partial charge on any atom is 0.425 e. The minimum Gasteiger partial charge on any atom is -0.372 e. The van der Waals surface area contributed by atoms with E-state index in [0.29, 0.717) is 5.52 Å². The van der Waals surface area contributed by atoms with Crippen molar-refractivity contribution in [3.8, 4) is 5.69 Å². The highest BCUT2D eigenvalue weighted by Gasteiger charge is 2.57. The molecule has 5 aromatic rings. The molecule has 0 amide bonds. The van der Waals surface area contributed by atoms with E-state index in [1.807, 2.05) is 0 Å². The number of rotatable bonds is 3. The van der Waals surface area contributed by atoms with Crippen LogP contribution in [0.15, 0.2) is 85.1 Å². The molecular weight excluding hydrogens is 439 g/mol. The molecule has 166 valence electrons. The molecule has 3 nitrogen and oxygen atoms in total. The van der Waals surface area contributed by atoms with Crippen molar-refractivity contribution in [2.24, 2.45) is 0 Å². The van der Waals surface area contributed by atoms with Gasteiger partial charge in [0.25, 0.3) is 0 Å². The third kappa shape index (κ3) is 3.17. The highest BCUT2D eigenvalue weighted by molar-refractivity contribution is 5.88. The van der Waals surface area contributed by atoms with Crippen molar-refractivity contribution in [2.45, 2.75) is 11.8 Å². The Balaban J connectivity index is 1.74. The Bertz CT molecular complexity index is 1510. The van der Waals surface area contributed by atoms with Crippen molar-refractivity contribution < 1.29 is 27.1 Å². The second-order valence-corrected chi connectivity index (χ2v) is 7.63. The van der Waals surface area contributed by atoms with Crippen LogP contribution in [0.1, 0.15) is 11.1 Å². The summed E-state index contributed by atoms with van der Waals surface area (Å²) < 4.78 is 73.0. The summed E-state index contributed by atoms with van der Waals surface area (Å²) in [6.07, 6.45) is -3.83. The van der Waals surface area contributed by atoms with E-state index in [0.717, 1.165) is 24.3 Å². The molecule has 1 N–H and O–H groups in total. The lowest BCUT2D eigenvalue weighted by atomic mass is 9.82. The normalized spacial score (nSPS) is 14.0. The summed E-state index contributed by atoms with van der Waals surface area (Å²) >= 11 is 0. The van der Waals surface area contributed by atoms with E-state index in [4.69, 9.17) is 0 Å². The van der Waals surface area contributed by atoms with Crippen LogP contribution in [-0.2, 0) is 5.60 Å². The van der Waals surface area contributed by atoms with E-state index >= 15 is 0 Å². The molecule has 1 aromatic heterocycles. The van der Waals surface area contributed by atoms with Crippen LogP contribution in [0.3, 0.4) is 0 Å². The molecule has 33 heavy (non-hydrogen) atoms. The first-order valence-corrected chi connectivity index (χ1v) is 9.92. The second kappa shape index (κ2) is 7.38. The Morgan fingerprint density at radius 3 is 2.18 bits per heavy atom. The molecule has 0 radical (unpaired) electrons. The van der Waals surface area contributed by atoms with Gasteiger partial charge in [0.1, 0.15) is 17.3 Å². The van der Waals surface area contributed by atoms with E-state index in [-0.39, 0.29) is 21.8 Å². The van der Waals surface area contributed by atoms with Gasteiger partial charge in [-0.05, 0) is 41.3 Å². The average molecular weight is 454 g/mol. The van der Waals surface area contributed by atoms with Crippen LogP contribution in [0.25, 0.3) is 27.4 Å². The second-order valence-electron chi connectivity index (χ2n) is 7.63. The third-order valence-corrected chi connectivity index (χ3v) is 5.74.